The summed E-state index contributed by atoms with van der Waals surface area (Å²) in [5, 5.41) is 15.3. The smallest absolute Gasteiger partial charge is 0.345 e. The molecule has 0 N–H and O–H groups in total. The molecule has 0 unspecified atom stereocenters. The summed E-state index contributed by atoms with van der Waals surface area (Å²) in [5.74, 6) is -1.06. The van der Waals surface area contributed by atoms with Gasteiger partial charge in [-0.05, 0) is 42.3 Å². The molecule has 0 aliphatic rings. The van der Waals surface area contributed by atoms with Crippen molar-refractivity contribution in [3.8, 4) is 11.6 Å². The van der Waals surface area contributed by atoms with Gasteiger partial charge in [0.05, 0.1) is 21.9 Å². The fourth-order valence-electron chi connectivity index (χ4n) is 2.44. The van der Waals surface area contributed by atoms with Gasteiger partial charge in [0, 0.05) is 12.1 Å². The number of ether oxygens (including phenoxy) is 1. The first-order valence-electron chi connectivity index (χ1n) is 8.28. The molecule has 0 aliphatic carbocycles. The molecule has 1 heterocycles. The number of esters is 1. The van der Waals surface area contributed by atoms with Crippen LogP contribution < -0.4 is 4.74 Å². The van der Waals surface area contributed by atoms with Crippen molar-refractivity contribution in [1.29, 1.82) is 0 Å². The molecule has 9 heteroatoms. The molecule has 0 aliphatic heterocycles. The number of aromatic nitrogens is 2. The Bertz CT molecular complexity index is 1050. The molecule has 0 atom stereocenters. The number of rotatable bonds is 5. The van der Waals surface area contributed by atoms with Gasteiger partial charge in [-0.25, -0.2) is 13.9 Å². The zero-order valence-corrected chi connectivity index (χ0v) is 15.7. The number of nitro benzene ring substituents is 1. The van der Waals surface area contributed by atoms with Crippen molar-refractivity contribution in [3.63, 3.8) is 0 Å². The number of nitrogens with zero attached hydrogens (tertiary/aromatic N) is 3. The van der Waals surface area contributed by atoms with Crippen LogP contribution in [0.1, 0.15) is 35.8 Å². The average molecular weight is 404 g/mol. The zero-order valence-electron chi connectivity index (χ0n) is 14.9. The van der Waals surface area contributed by atoms with Crippen molar-refractivity contribution >= 4 is 23.3 Å². The lowest BCUT2D eigenvalue weighted by Crippen LogP contribution is -2.12. The maximum atomic E-state index is 13.2. The molecular formula is C19H15ClFN3O4. The SMILES string of the molecule is CC(C)c1cc(OC(=O)c2ccc(Cl)c([N+](=O)[O-])c2)n(-c2ccc(F)cc2)n1. The van der Waals surface area contributed by atoms with Gasteiger partial charge in [-0.1, -0.05) is 25.4 Å². The van der Waals surface area contributed by atoms with Crippen LogP contribution in [-0.2, 0) is 0 Å². The molecule has 3 aromatic rings. The molecule has 0 saturated heterocycles. The van der Waals surface area contributed by atoms with Crippen LogP contribution in [0.4, 0.5) is 10.1 Å². The number of hydrogen-bond donors (Lipinski definition) is 0. The molecule has 0 spiro atoms. The molecule has 2 aromatic carbocycles. The Kier molecular flexibility index (Phi) is 5.41. The summed E-state index contributed by atoms with van der Waals surface area (Å²) in [7, 11) is 0. The topological polar surface area (TPSA) is 87.3 Å². The minimum atomic E-state index is -0.807. The third kappa shape index (κ3) is 4.01. The summed E-state index contributed by atoms with van der Waals surface area (Å²) in [6.45, 7) is 3.84. The third-order valence-corrected chi connectivity index (χ3v) is 4.25. The lowest BCUT2D eigenvalue weighted by molar-refractivity contribution is -0.384. The minimum absolute atomic E-state index is 0.0333. The van der Waals surface area contributed by atoms with E-state index < -0.39 is 22.4 Å². The number of hydrogen-bond acceptors (Lipinski definition) is 5. The first-order valence-corrected chi connectivity index (χ1v) is 8.66. The van der Waals surface area contributed by atoms with E-state index in [2.05, 4.69) is 5.10 Å². The predicted molar refractivity (Wildman–Crippen MR) is 101 cm³/mol. The molecule has 3 rings (SSSR count). The summed E-state index contributed by atoms with van der Waals surface area (Å²) in [4.78, 5) is 22.9. The monoisotopic (exact) mass is 403 g/mol. The molecule has 0 saturated carbocycles. The second-order valence-corrected chi connectivity index (χ2v) is 6.67. The van der Waals surface area contributed by atoms with Gasteiger partial charge < -0.3 is 4.74 Å². The quantitative estimate of drug-likeness (QED) is 0.343. The molecule has 0 bridgehead atoms. The third-order valence-electron chi connectivity index (χ3n) is 3.93. The Morgan fingerprint density at radius 2 is 1.89 bits per heavy atom. The lowest BCUT2D eigenvalue weighted by atomic mass is 10.1. The van der Waals surface area contributed by atoms with E-state index in [1.54, 1.807) is 6.07 Å². The standard InChI is InChI=1S/C19H15ClFN3O4/c1-11(2)16-10-18(23(22-16)14-6-4-13(21)5-7-14)28-19(25)12-3-8-15(20)17(9-12)24(26)27/h3-11H,1-2H3. The summed E-state index contributed by atoms with van der Waals surface area (Å²) in [6.07, 6.45) is 0. The van der Waals surface area contributed by atoms with Crippen LogP contribution >= 0.6 is 11.6 Å². The number of halogens is 2. The van der Waals surface area contributed by atoms with Crippen LogP contribution in [-0.4, -0.2) is 20.7 Å². The molecule has 1 aromatic heterocycles. The zero-order chi connectivity index (χ0) is 20.4. The summed E-state index contributed by atoms with van der Waals surface area (Å²) < 4.78 is 20.0. The maximum absolute atomic E-state index is 13.2. The Hall–Kier alpha value is -3.26. The normalized spacial score (nSPS) is 10.9. The van der Waals surface area contributed by atoms with E-state index in [4.69, 9.17) is 16.3 Å². The highest BCUT2D eigenvalue weighted by atomic mass is 35.5. The fraction of sp³-hybridized carbons (Fsp3) is 0.158. The highest BCUT2D eigenvalue weighted by Crippen LogP contribution is 2.28. The molecule has 0 radical (unpaired) electrons. The first kappa shape index (κ1) is 19.5. The lowest BCUT2D eigenvalue weighted by Gasteiger charge is -2.08. The second kappa shape index (κ2) is 7.77. The highest BCUT2D eigenvalue weighted by molar-refractivity contribution is 6.32. The molecule has 28 heavy (non-hydrogen) atoms. The van der Waals surface area contributed by atoms with Gasteiger partial charge in [0.2, 0.25) is 5.88 Å². The molecular weight excluding hydrogens is 389 g/mol. The predicted octanol–water partition coefficient (Wildman–Crippen LogP) is 4.92. The molecule has 144 valence electrons. The van der Waals surface area contributed by atoms with Gasteiger partial charge in [0.1, 0.15) is 10.8 Å². The van der Waals surface area contributed by atoms with E-state index in [0.717, 1.165) is 6.07 Å². The number of carbonyl (C=O) groups is 1. The van der Waals surface area contributed by atoms with Gasteiger partial charge in [-0.2, -0.15) is 5.10 Å². The average Bonchev–Trinajstić information content (AvgIpc) is 3.06. The minimum Gasteiger partial charge on any atom is -0.404 e. The van der Waals surface area contributed by atoms with Crippen LogP contribution in [0.5, 0.6) is 5.88 Å². The van der Waals surface area contributed by atoms with Gasteiger partial charge >= 0.3 is 5.97 Å². The van der Waals surface area contributed by atoms with E-state index >= 15 is 0 Å². The Morgan fingerprint density at radius 3 is 2.50 bits per heavy atom. The number of carbonyl (C=O) groups excluding carboxylic acids is 1. The van der Waals surface area contributed by atoms with E-state index in [1.807, 2.05) is 13.8 Å². The van der Waals surface area contributed by atoms with Crippen LogP contribution in [0, 0.1) is 15.9 Å². The van der Waals surface area contributed by atoms with Crippen molar-refractivity contribution in [3.05, 3.63) is 80.7 Å². The van der Waals surface area contributed by atoms with E-state index in [9.17, 15) is 19.3 Å². The van der Waals surface area contributed by atoms with Crippen molar-refractivity contribution < 1.29 is 18.8 Å². The number of nitro groups is 1. The number of benzene rings is 2. The van der Waals surface area contributed by atoms with Crippen molar-refractivity contribution in [2.24, 2.45) is 0 Å². The van der Waals surface area contributed by atoms with Crippen molar-refractivity contribution in [1.82, 2.24) is 9.78 Å². The second-order valence-electron chi connectivity index (χ2n) is 6.26. The molecule has 0 amide bonds. The summed E-state index contributed by atoms with van der Waals surface area (Å²) in [5.41, 5.74) is 0.729. The molecule has 0 fully saturated rings. The van der Waals surface area contributed by atoms with Crippen molar-refractivity contribution in [2.75, 3.05) is 0 Å². The largest absolute Gasteiger partial charge is 0.404 e. The van der Waals surface area contributed by atoms with E-state index in [0.29, 0.717) is 11.4 Å². The Balaban J connectivity index is 1.97. The van der Waals surface area contributed by atoms with Crippen LogP contribution in [0.15, 0.2) is 48.5 Å². The van der Waals surface area contributed by atoms with Gasteiger partial charge in [-0.3, -0.25) is 10.1 Å². The van der Waals surface area contributed by atoms with Gasteiger partial charge in [0.25, 0.3) is 5.69 Å². The van der Waals surface area contributed by atoms with Crippen LogP contribution in [0.25, 0.3) is 5.69 Å². The van der Waals surface area contributed by atoms with Crippen LogP contribution in [0.3, 0.4) is 0 Å². The Labute approximate surface area is 164 Å². The summed E-state index contributed by atoms with van der Waals surface area (Å²) >= 11 is 5.77. The summed E-state index contributed by atoms with van der Waals surface area (Å²) in [6, 6.07) is 10.8. The Morgan fingerprint density at radius 1 is 1.21 bits per heavy atom. The highest BCUT2D eigenvalue weighted by Gasteiger charge is 2.21. The van der Waals surface area contributed by atoms with E-state index in [1.165, 1.54) is 41.1 Å². The first-order chi connectivity index (χ1) is 13.3. The van der Waals surface area contributed by atoms with E-state index in [-0.39, 0.29) is 22.4 Å². The van der Waals surface area contributed by atoms with Gasteiger partial charge in [0.15, 0.2) is 0 Å². The fourth-order valence-corrected chi connectivity index (χ4v) is 2.62. The van der Waals surface area contributed by atoms with Crippen LogP contribution in [0.2, 0.25) is 5.02 Å². The molecule has 7 nitrogen and oxygen atoms in total. The van der Waals surface area contributed by atoms with Gasteiger partial charge in [-0.15, -0.1) is 0 Å². The maximum Gasteiger partial charge on any atom is 0.345 e. The van der Waals surface area contributed by atoms with Crippen molar-refractivity contribution in [2.45, 2.75) is 19.8 Å².